The summed E-state index contributed by atoms with van der Waals surface area (Å²) in [4.78, 5) is 21.5. The van der Waals surface area contributed by atoms with Crippen LogP contribution in [-0.4, -0.2) is 18.0 Å². The summed E-state index contributed by atoms with van der Waals surface area (Å²) in [7, 11) is 1.23. The van der Waals surface area contributed by atoms with Crippen LogP contribution in [0.1, 0.15) is 15.9 Å². The Morgan fingerprint density at radius 3 is 2.60 bits per heavy atom. The number of carbonyl (C=O) groups excluding carboxylic acids is 1. The van der Waals surface area contributed by atoms with Crippen molar-refractivity contribution in [3.05, 3.63) is 37.8 Å². The molecular formula is C9H8BrNO4. The molecule has 0 atom stereocenters. The molecule has 0 heterocycles. The smallest absolute Gasteiger partial charge is 0.339 e. The van der Waals surface area contributed by atoms with Gasteiger partial charge >= 0.3 is 5.97 Å². The molecule has 0 fully saturated rings. The Labute approximate surface area is 94.3 Å². The highest BCUT2D eigenvalue weighted by atomic mass is 79.9. The predicted molar refractivity (Wildman–Crippen MR) is 56.9 cm³/mol. The van der Waals surface area contributed by atoms with Crippen molar-refractivity contribution in [2.45, 2.75) is 6.92 Å². The first-order valence-electron chi connectivity index (χ1n) is 4.00. The van der Waals surface area contributed by atoms with E-state index >= 15 is 0 Å². The van der Waals surface area contributed by atoms with Gasteiger partial charge in [-0.05, 0) is 28.9 Å². The van der Waals surface area contributed by atoms with Crippen LogP contribution in [0, 0.1) is 17.0 Å². The summed E-state index contributed by atoms with van der Waals surface area (Å²) in [6.07, 6.45) is 0. The summed E-state index contributed by atoms with van der Waals surface area (Å²) >= 11 is 3.15. The molecule has 15 heavy (non-hydrogen) atoms. The van der Waals surface area contributed by atoms with Crippen molar-refractivity contribution in [1.82, 2.24) is 0 Å². The molecule has 0 N–H and O–H groups in total. The molecule has 0 aromatic heterocycles. The van der Waals surface area contributed by atoms with Gasteiger partial charge in [0.2, 0.25) is 0 Å². The van der Waals surface area contributed by atoms with Gasteiger partial charge in [0.1, 0.15) is 0 Å². The fourth-order valence-corrected chi connectivity index (χ4v) is 1.81. The maximum atomic E-state index is 11.4. The van der Waals surface area contributed by atoms with Gasteiger partial charge in [-0.25, -0.2) is 4.79 Å². The normalized spacial score (nSPS) is 9.80. The first-order valence-corrected chi connectivity index (χ1v) is 4.80. The molecule has 0 amide bonds. The zero-order valence-corrected chi connectivity index (χ0v) is 9.70. The van der Waals surface area contributed by atoms with Crippen molar-refractivity contribution in [1.29, 1.82) is 0 Å². The van der Waals surface area contributed by atoms with Crippen LogP contribution < -0.4 is 0 Å². The molecule has 0 saturated carbocycles. The second-order valence-corrected chi connectivity index (χ2v) is 3.67. The summed E-state index contributed by atoms with van der Waals surface area (Å²) in [5.74, 6) is -0.594. The number of halogens is 1. The van der Waals surface area contributed by atoms with E-state index in [2.05, 4.69) is 20.7 Å². The molecule has 5 nitrogen and oxygen atoms in total. The summed E-state index contributed by atoms with van der Waals surface area (Å²) in [5.41, 5.74) is 0.381. The summed E-state index contributed by atoms with van der Waals surface area (Å²) in [6.45, 7) is 1.51. The molecule has 0 bridgehead atoms. The lowest BCUT2D eigenvalue weighted by atomic mass is 10.1. The molecule has 0 saturated heterocycles. The van der Waals surface area contributed by atoms with Crippen molar-refractivity contribution in [2.75, 3.05) is 7.11 Å². The largest absolute Gasteiger partial charge is 0.465 e. The van der Waals surface area contributed by atoms with E-state index in [4.69, 9.17) is 0 Å². The van der Waals surface area contributed by atoms with Crippen LogP contribution in [0.2, 0.25) is 0 Å². The average molecular weight is 274 g/mol. The number of nitro benzene ring substituents is 1. The highest BCUT2D eigenvalue weighted by Crippen LogP contribution is 2.28. The van der Waals surface area contributed by atoms with Crippen LogP contribution in [0.25, 0.3) is 0 Å². The number of ether oxygens (including phenoxy) is 1. The van der Waals surface area contributed by atoms with Crippen LogP contribution in [0.15, 0.2) is 16.6 Å². The minimum absolute atomic E-state index is 0.0985. The minimum Gasteiger partial charge on any atom is -0.465 e. The van der Waals surface area contributed by atoms with Gasteiger partial charge in [0, 0.05) is 16.1 Å². The Kier molecular flexibility index (Phi) is 3.41. The molecule has 6 heteroatoms. The van der Waals surface area contributed by atoms with E-state index in [0.717, 1.165) is 0 Å². The Hall–Kier alpha value is -1.43. The molecule has 80 valence electrons. The Morgan fingerprint density at radius 2 is 2.13 bits per heavy atom. The van der Waals surface area contributed by atoms with Crippen LogP contribution in [0.5, 0.6) is 0 Å². The number of benzene rings is 1. The Balaban J connectivity index is 3.43. The van der Waals surface area contributed by atoms with Crippen molar-refractivity contribution >= 4 is 27.6 Å². The lowest BCUT2D eigenvalue weighted by molar-refractivity contribution is -0.385. The highest BCUT2D eigenvalue weighted by Gasteiger charge is 2.21. The molecule has 1 aromatic carbocycles. The number of nitro groups is 1. The van der Waals surface area contributed by atoms with E-state index in [-0.39, 0.29) is 11.3 Å². The number of rotatable bonds is 2. The summed E-state index contributed by atoms with van der Waals surface area (Å²) in [5, 5.41) is 10.6. The van der Waals surface area contributed by atoms with E-state index in [0.29, 0.717) is 10.0 Å². The van der Waals surface area contributed by atoms with Gasteiger partial charge in [-0.2, -0.15) is 0 Å². The van der Waals surface area contributed by atoms with Crippen LogP contribution in [0.4, 0.5) is 5.69 Å². The van der Waals surface area contributed by atoms with E-state index in [9.17, 15) is 14.9 Å². The summed E-state index contributed by atoms with van der Waals surface area (Å²) < 4.78 is 5.02. The molecule has 1 aromatic rings. The summed E-state index contributed by atoms with van der Waals surface area (Å²) in [6, 6.07) is 2.79. The number of carbonyl (C=O) groups is 1. The molecule has 0 aliphatic carbocycles. The van der Waals surface area contributed by atoms with Crippen molar-refractivity contribution in [2.24, 2.45) is 0 Å². The van der Waals surface area contributed by atoms with E-state index in [1.165, 1.54) is 26.2 Å². The molecule has 0 spiro atoms. The predicted octanol–water partition coefficient (Wildman–Crippen LogP) is 2.45. The van der Waals surface area contributed by atoms with Gasteiger partial charge in [-0.3, -0.25) is 10.1 Å². The van der Waals surface area contributed by atoms with Crippen LogP contribution in [0.3, 0.4) is 0 Å². The average Bonchev–Trinajstić information content (AvgIpc) is 2.16. The van der Waals surface area contributed by atoms with E-state index in [1.807, 2.05) is 0 Å². The van der Waals surface area contributed by atoms with Gasteiger partial charge in [-0.15, -0.1) is 0 Å². The van der Waals surface area contributed by atoms with Gasteiger partial charge in [0.05, 0.1) is 17.6 Å². The van der Waals surface area contributed by atoms with Gasteiger partial charge < -0.3 is 4.74 Å². The fraction of sp³-hybridized carbons (Fsp3) is 0.222. The number of hydrogen-bond donors (Lipinski definition) is 0. The third-order valence-corrected chi connectivity index (χ3v) is 2.63. The zero-order chi connectivity index (χ0) is 11.6. The molecule has 0 aliphatic rings. The number of nitrogens with zero attached hydrogens (tertiary/aromatic N) is 1. The van der Waals surface area contributed by atoms with E-state index in [1.54, 1.807) is 0 Å². The molecule has 0 unspecified atom stereocenters. The zero-order valence-electron chi connectivity index (χ0n) is 8.11. The first kappa shape index (κ1) is 11.6. The molecule has 0 aliphatic heterocycles. The lowest BCUT2D eigenvalue weighted by Gasteiger charge is -2.06. The van der Waals surface area contributed by atoms with Gasteiger partial charge in [0.25, 0.3) is 5.69 Å². The van der Waals surface area contributed by atoms with Gasteiger partial charge in [0.15, 0.2) is 0 Å². The molecular weight excluding hydrogens is 266 g/mol. The van der Waals surface area contributed by atoms with E-state index < -0.39 is 10.9 Å². The van der Waals surface area contributed by atoms with Crippen LogP contribution in [-0.2, 0) is 4.74 Å². The van der Waals surface area contributed by atoms with Crippen LogP contribution >= 0.6 is 15.9 Å². The number of methoxy groups -OCH3 is 1. The topological polar surface area (TPSA) is 69.4 Å². The fourth-order valence-electron chi connectivity index (χ4n) is 1.22. The highest BCUT2D eigenvalue weighted by molar-refractivity contribution is 9.10. The quantitative estimate of drug-likeness (QED) is 0.472. The standard InChI is InChI=1S/C9H8BrNO4/c1-5-7(11(13)14)4-3-6(10)8(5)9(12)15-2/h3-4H,1-2H3. The minimum atomic E-state index is -0.594. The Bertz CT molecular complexity index is 430. The van der Waals surface area contributed by atoms with Gasteiger partial charge in [-0.1, -0.05) is 0 Å². The van der Waals surface area contributed by atoms with Crippen molar-refractivity contribution < 1.29 is 14.5 Å². The monoisotopic (exact) mass is 273 g/mol. The maximum absolute atomic E-state index is 11.4. The van der Waals surface area contributed by atoms with Crippen molar-refractivity contribution in [3.8, 4) is 0 Å². The number of hydrogen-bond acceptors (Lipinski definition) is 4. The first-order chi connectivity index (χ1) is 6.99. The third-order valence-electron chi connectivity index (χ3n) is 1.97. The number of esters is 1. The van der Waals surface area contributed by atoms with Crippen molar-refractivity contribution in [3.63, 3.8) is 0 Å². The molecule has 1 rings (SSSR count). The maximum Gasteiger partial charge on any atom is 0.339 e. The lowest BCUT2D eigenvalue weighted by Crippen LogP contribution is -2.07. The Morgan fingerprint density at radius 1 is 1.53 bits per heavy atom. The second-order valence-electron chi connectivity index (χ2n) is 2.82. The second kappa shape index (κ2) is 4.39. The SMILES string of the molecule is COC(=O)c1c(Br)ccc([N+](=O)[O-])c1C. The molecule has 0 radical (unpaired) electrons. The third kappa shape index (κ3) is 2.15.